The van der Waals surface area contributed by atoms with Crippen molar-refractivity contribution in [2.24, 2.45) is 5.73 Å². The van der Waals surface area contributed by atoms with Crippen LogP contribution < -0.4 is 5.73 Å². The normalized spacial score (nSPS) is 13.5. The van der Waals surface area contributed by atoms with Gasteiger partial charge in [-0.15, -0.1) is 0 Å². The van der Waals surface area contributed by atoms with Gasteiger partial charge >= 0.3 is 0 Å². The van der Waals surface area contributed by atoms with Crippen LogP contribution in [0.4, 0.5) is 0 Å². The van der Waals surface area contributed by atoms with Crippen molar-refractivity contribution in [1.29, 1.82) is 0 Å². The summed E-state index contributed by atoms with van der Waals surface area (Å²) < 4.78 is 0. The molecule has 0 radical (unpaired) electrons. The van der Waals surface area contributed by atoms with E-state index in [4.69, 9.17) is 10.8 Å². The first-order valence-electron chi connectivity index (χ1n) is 3.25. The second kappa shape index (κ2) is 2.86. The SMILES string of the molecule is Cc1cc(C(N)CO)c[nH]1. The monoisotopic (exact) mass is 140 g/mol. The molecule has 0 fully saturated rings. The third kappa shape index (κ3) is 1.37. The van der Waals surface area contributed by atoms with Crippen LogP contribution in [-0.2, 0) is 0 Å². The maximum absolute atomic E-state index is 8.66. The van der Waals surface area contributed by atoms with E-state index < -0.39 is 0 Å². The van der Waals surface area contributed by atoms with Crippen LogP contribution in [0.1, 0.15) is 17.3 Å². The number of aliphatic hydroxyl groups is 1. The van der Waals surface area contributed by atoms with Crippen LogP contribution in [0.3, 0.4) is 0 Å². The lowest BCUT2D eigenvalue weighted by Gasteiger charge is -2.02. The highest BCUT2D eigenvalue weighted by Crippen LogP contribution is 2.09. The van der Waals surface area contributed by atoms with Crippen LogP contribution in [-0.4, -0.2) is 16.7 Å². The van der Waals surface area contributed by atoms with Gasteiger partial charge in [-0.25, -0.2) is 0 Å². The summed E-state index contributed by atoms with van der Waals surface area (Å²) in [7, 11) is 0. The molecule has 1 heterocycles. The van der Waals surface area contributed by atoms with Gasteiger partial charge in [0.1, 0.15) is 0 Å². The number of nitrogens with two attached hydrogens (primary N) is 1. The minimum absolute atomic E-state index is 0.00269. The van der Waals surface area contributed by atoms with Crippen LogP contribution >= 0.6 is 0 Å². The van der Waals surface area contributed by atoms with E-state index in [1.807, 2.05) is 19.2 Å². The average Bonchev–Trinajstić information content (AvgIpc) is 2.34. The number of aryl methyl sites for hydroxylation is 1. The second-order valence-corrected chi connectivity index (χ2v) is 2.41. The molecule has 0 amide bonds. The van der Waals surface area contributed by atoms with Crippen LogP contribution in [0, 0.1) is 6.92 Å². The fourth-order valence-electron chi connectivity index (χ4n) is 0.850. The van der Waals surface area contributed by atoms with E-state index in [9.17, 15) is 0 Å². The Labute approximate surface area is 59.9 Å². The standard InChI is InChI=1S/C7H12N2O/c1-5-2-6(3-9-5)7(8)4-10/h2-3,7,9-10H,4,8H2,1H3. The number of hydrogen-bond donors (Lipinski definition) is 3. The van der Waals surface area contributed by atoms with Gasteiger partial charge in [-0.2, -0.15) is 0 Å². The maximum atomic E-state index is 8.66. The van der Waals surface area contributed by atoms with Gasteiger partial charge in [-0.1, -0.05) is 0 Å². The molecule has 1 rings (SSSR count). The third-order valence-corrected chi connectivity index (χ3v) is 1.47. The number of aliphatic hydroxyl groups excluding tert-OH is 1. The van der Waals surface area contributed by atoms with Crippen molar-refractivity contribution >= 4 is 0 Å². The highest BCUT2D eigenvalue weighted by Gasteiger charge is 2.03. The van der Waals surface area contributed by atoms with E-state index in [0.29, 0.717) is 0 Å². The summed E-state index contributed by atoms with van der Waals surface area (Å²) in [5.41, 5.74) is 7.56. The van der Waals surface area contributed by atoms with E-state index in [-0.39, 0.29) is 12.6 Å². The molecule has 10 heavy (non-hydrogen) atoms. The molecule has 0 spiro atoms. The van der Waals surface area contributed by atoms with Crippen molar-refractivity contribution in [3.05, 3.63) is 23.5 Å². The van der Waals surface area contributed by atoms with E-state index in [2.05, 4.69) is 4.98 Å². The molecule has 0 aromatic carbocycles. The lowest BCUT2D eigenvalue weighted by atomic mass is 10.2. The number of aromatic nitrogens is 1. The Bertz CT molecular complexity index is 207. The minimum atomic E-state index is -0.245. The summed E-state index contributed by atoms with van der Waals surface area (Å²) in [6.45, 7) is 1.95. The molecule has 0 aliphatic rings. The van der Waals surface area contributed by atoms with Gasteiger partial charge in [0.2, 0.25) is 0 Å². The summed E-state index contributed by atoms with van der Waals surface area (Å²) in [6, 6.07) is 1.69. The molecule has 1 unspecified atom stereocenters. The summed E-state index contributed by atoms with van der Waals surface area (Å²) in [5.74, 6) is 0. The largest absolute Gasteiger partial charge is 0.394 e. The number of nitrogens with one attached hydrogen (secondary N) is 1. The molecule has 0 saturated carbocycles. The average molecular weight is 140 g/mol. The Balaban J connectivity index is 2.74. The van der Waals surface area contributed by atoms with Gasteiger partial charge in [0.05, 0.1) is 12.6 Å². The van der Waals surface area contributed by atoms with Crippen molar-refractivity contribution in [3.63, 3.8) is 0 Å². The molecular formula is C7H12N2O. The van der Waals surface area contributed by atoms with Crippen LogP contribution in [0.2, 0.25) is 0 Å². The van der Waals surface area contributed by atoms with E-state index in [0.717, 1.165) is 11.3 Å². The van der Waals surface area contributed by atoms with Crippen LogP contribution in [0.15, 0.2) is 12.3 Å². The van der Waals surface area contributed by atoms with E-state index >= 15 is 0 Å². The minimum Gasteiger partial charge on any atom is -0.394 e. The Hall–Kier alpha value is -0.800. The molecule has 56 valence electrons. The molecule has 0 aliphatic carbocycles. The predicted molar refractivity (Wildman–Crippen MR) is 39.5 cm³/mol. The number of H-pyrrole nitrogens is 1. The first kappa shape index (κ1) is 7.31. The second-order valence-electron chi connectivity index (χ2n) is 2.41. The van der Waals surface area contributed by atoms with Gasteiger partial charge in [0.15, 0.2) is 0 Å². The molecule has 1 aromatic rings. The molecule has 3 heteroatoms. The van der Waals surface area contributed by atoms with E-state index in [1.165, 1.54) is 0 Å². The van der Waals surface area contributed by atoms with Gasteiger partial charge in [0.25, 0.3) is 0 Å². The van der Waals surface area contributed by atoms with Crippen LogP contribution in [0.5, 0.6) is 0 Å². The van der Waals surface area contributed by atoms with Gasteiger partial charge < -0.3 is 15.8 Å². The first-order chi connectivity index (χ1) is 4.74. The topological polar surface area (TPSA) is 62.0 Å². The van der Waals surface area contributed by atoms with Crippen molar-refractivity contribution in [2.45, 2.75) is 13.0 Å². The first-order valence-corrected chi connectivity index (χ1v) is 3.25. The summed E-state index contributed by atoms with van der Waals surface area (Å²) in [5, 5.41) is 8.66. The van der Waals surface area contributed by atoms with Gasteiger partial charge in [-0.05, 0) is 18.6 Å². The Morgan fingerprint density at radius 2 is 2.50 bits per heavy atom. The van der Waals surface area contributed by atoms with Gasteiger partial charge in [0, 0.05) is 11.9 Å². The predicted octanol–water partition coefficient (Wildman–Crippen LogP) is 0.315. The highest BCUT2D eigenvalue weighted by atomic mass is 16.3. The molecule has 0 aliphatic heterocycles. The lowest BCUT2D eigenvalue weighted by Crippen LogP contribution is -2.13. The van der Waals surface area contributed by atoms with E-state index in [1.54, 1.807) is 0 Å². The fourth-order valence-corrected chi connectivity index (χ4v) is 0.850. The lowest BCUT2D eigenvalue weighted by molar-refractivity contribution is 0.268. The van der Waals surface area contributed by atoms with Gasteiger partial charge in [-0.3, -0.25) is 0 Å². The Morgan fingerprint density at radius 1 is 1.80 bits per heavy atom. The Morgan fingerprint density at radius 3 is 2.90 bits per heavy atom. The fraction of sp³-hybridized carbons (Fsp3) is 0.429. The molecule has 1 aromatic heterocycles. The zero-order chi connectivity index (χ0) is 7.56. The quantitative estimate of drug-likeness (QED) is 0.553. The number of hydrogen-bond acceptors (Lipinski definition) is 2. The van der Waals surface area contributed by atoms with Crippen molar-refractivity contribution in [1.82, 2.24) is 4.98 Å². The summed E-state index contributed by atoms with van der Waals surface area (Å²) in [6.07, 6.45) is 1.82. The summed E-state index contributed by atoms with van der Waals surface area (Å²) >= 11 is 0. The molecule has 1 atom stereocenters. The van der Waals surface area contributed by atoms with Crippen molar-refractivity contribution < 1.29 is 5.11 Å². The number of rotatable bonds is 2. The highest BCUT2D eigenvalue weighted by molar-refractivity contribution is 5.18. The van der Waals surface area contributed by atoms with Crippen molar-refractivity contribution in [3.8, 4) is 0 Å². The van der Waals surface area contributed by atoms with Crippen molar-refractivity contribution in [2.75, 3.05) is 6.61 Å². The third-order valence-electron chi connectivity index (χ3n) is 1.47. The molecule has 3 nitrogen and oxygen atoms in total. The van der Waals surface area contributed by atoms with Crippen LogP contribution in [0.25, 0.3) is 0 Å². The molecule has 0 bridgehead atoms. The number of aromatic amines is 1. The zero-order valence-electron chi connectivity index (χ0n) is 5.96. The molecule has 4 N–H and O–H groups in total. The zero-order valence-corrected chi connectivity index (χ0v) is 5.96. The molecular weight excluding hydrogens is 128 g/mol. The Kier molecular flexibility index (Phi) is 2.09. The summed E-state index contributed by atoms with van der Waals surface area (Å²) in [4.78, 5) is 2.99. The maximum Gasteiger partial charge on any atom is 0.0624 e. The molecule has 0 saturated heterocycles. The smallest absolute Gasteiger partial charge is 0.0624 e.